The Morgan fingerprint density at radius 2 is 2.36 bits per heavy atom. The van der Waals surface area contributed by atoms with Crippen molar-refractivity contribution in [2.24, 2.45) is 0 Å². The van der Waals surface area contributed by atoms with Crippen molar-refractivity contribution in [2.75, 3.05) is 13.1 Å². The zero-order valence-electron chi connectivity index (χ0n) is 8.32. The Bertz CT molecular complexity index is 291. The van der Waals surface area contributed by atoms with Crippen molar-refractivity contribution in [3.8, 4) is 0 Å². The van der Waals surface area contributed by atoms with Crippen LogP contribution in [0.3, 0.4) is 0 Å². The molecule has 4 heteroatoms. The Kier molecular flexibility index (Phi) is 2.81. The molecule has 0 amide bonds. The Morgan fingerprint density at radius 1 is 1.43 bits per heavy atom. The van der Waals surface area contributed by atoms with Gasteiger partial charge in [0.15, 0.2) is 0 Å². The fraction of sp³-hybridized carbons (Fsp3) is 0.600. The van der Waals surface area contributed by atoms with Crippen molar-refractivity contribution in [2.45, 2.75) is 25.8 Å². The zero-order valence-corrected chi connectivity index (χ0v) is 8.32. The van der Waals surface area contributed by atoms with E-state index in [2.05, 4.69) is 10.00 Å². The van der Waals surface area contributed by atoms with Crippen LogP contribution in [0.5, 0.6) is 0 Å². The van der Waals surface area contributed by atoms with Gasteiger partial charge in [-0.15, -0.1) is 0 Å². The molecule has 4 nitrogen and oxygen atoms in total. The molecule has 0 aromatic carbocycles. The molecular weight excluding hydrogens is 176 g/mol. The minimum Gasteiger partial charge on any atom is -0.360 e. The number of rotatable bonds is 4. The van der Waals surface area contributed by atoms with E-state index < -0.39 is 0 Å². The second kappa shape index (κ2) is 4.26. The van der Waals surface area contributed by atoms with Gasteiger partial charge in [0.1, 0.15) is 0 Å². The summed E-state index contributed by atoms with van der Waals surface area (Å²) >= 11 is 0. The second-order valence-corrected chi connectivity index (χ2v) is 3.66. The van der Waals surface area contributed by atoms with Gasteiger partial charge in [-0.1, -0.05) is 0 Å². The molecule has 1 fully saturated rings. The number of hydrogen-bond donors (Lipinski definition) is 1. The standard InChI is InChI=1S/C10H16N4/c11-10-4-1-6-13(10)7-3-9-14-8-2-5-12-14/h2,5,8,11H,1,3-4,6-7,9H2. The lowest BCUT2D eigenvalue weighted by Crippen LogP contribution is -2.26. The quantitative estimate of drug-likeness (QED) is 0.782. The summed E-state index contributed by atoms with van der Waals surface area (Å²) in [5.74, 6) is 0.811. The largest absolute Gasteiger partial charge is 0.360 e. The van der Waals surface area contributed by atoms with Crippen molar-refractivity contribution in [3.05, 3.63) is 18.5 Å². The average Bonchev–Trinajstić information content (AvgIpc) is 2.78. The zero-order chi connectivity index (χ0) is 9.80. The summed E-state index contributed by atoms with van der Waals surface area (Å²) in [5.41, 5.74) is 0. The number of hydrogen-bond acceptors (Lipinski definition) is 2. The monoisotopic (exact) mass is 192 g/mol. The van der Waals surface area contributed by atoms with Gasteiger partial charge in [-0.3, -0.25) is 10.1 Å². The van der Waals surface area contributed by atoms with Crippen LogP contribution in [0.2, 0.25) is 0 Å². The Hall–Kier alpha value is -1.32. The summed E-state index contributed by atoms with van der Waals surface area (Å²) < 4.78 is 1.94. The van der Waals surface area contributed by atoms with Crippen molar-refractivity contribution < 1.29 is 0 Å². The molecule has 0 radical (unpaired) electrons. The van der Waals surface area contributed by atoms with Gasteiger partial charge >= 0.3 is 0 Å². The molecule has 1 aromatic rings. The van der Waals surface area contributed by atoms with E-state index in [1.54, 1.807) is 6.20 Å². The van der Waals surface area contributed by atoms with E-state index in [0.717, 1.165) is 44.7 Å². The Labute approximate surface area is 84.0 Å². The lowest BCUT2D eigenvalue weighted by molar-refractivity contribution is 0.415. The van der Waals surface area contributed by atoms with Gasteiger partial charge < -0.3 is 4.90 Å². The highest BCUT2D eigenvalue weighted by atomic mass is 15.3. The predicted octanol–water partition coefficient (Wildman–Crippen LogP) is 1.35. The first kappa shape index (κ1) is 9.24. The molecule has 1 aliphatic rings. The number of aryl methyl sites for hydroxylation is 1. The van der Waals surface area contributed by atoms with E-state index in [4.69, 9.17) is 5.41 Å². The van der Waals surface area contributed by atoms with Crippen LogP contribution in [0.15, 0.2) is 18.5 Å². The lowest BCUT2D eigenvalue weighted by atomic mass is 10.4. The molecule has 76 valence electrons. The second-order valence-electron chi connectivity index (χ2n) is 3.66. The average molecular weight is 192 g/mol. The first-order valence-electron chi connectivity index (χ1n) is 5.16. The number of nitrogens with zero attached hydrogens (tertiary/aromatic N) is 3. The van der Waals surface area contributed by atoms with E-state index >= 15 is 0 Å². The summed E-state index contributed by atoms with van der Waals surface area (Å²) in [7, 11) is 0. The van der Waals surface area contributed by atoms with Gasteiger partial charge in [0.25, 0.3) is 0 Å². The summed E-state index contributed by atoms with van der Waals surface area (Å²) in [6.45, 7) is 3.02. The van der Waals surface area contributed by atoms with Crippen molar-refractivity contribution in [1.29, 1.82) is 5.41 Å². The van der Waals surface area contributed by atoms with E-state index in [9.17, 15) is 0 Å². The first-order valence-corrected chi connectivity index (χ1v) is 5.16. The normalized spacial score (nSPS) is 16.6. The van der Waals surface area contributed by atoms with Gasteiger partial charge in [-0.2, -0.15) is 5.10 Å². The highest BCUT2D eigenvalue weighted by Crippen LogP contribution is 2.10. The van der Waals surface area contributed by atoms with Crippen molar-refractivity contribution >= 4 is 5.84 Å². The molecule has 0 bridgehead atoms. The van der Waals surface area contributed by atoms with E-state index in [1.165, 1.54) is 0 Å². The molecule has 0 saturated carbocycles. The summed E-state index contributed by atoms with van der Waals surface area (Å²) in [5, 5.41) is 11.8. The third-order valence-electron chi connectivity index (χ3n) is 2.60. The van der Waals surface area contributed by atoms with Crippen LogP contribution in [0, 0.1) is 5.41 Å². The molecule has 2 rings (SSSR count). The maximum Gasteiger partial charge on any atom is 0.0958 e. The van der Waals surface area contributed by atoms with Gasteiger partial charge in [0.05, 0.1) is 5.84 Å². The van der Waals surface area contributed by atoms with Gasteiger partial charge in [0, 0.05) is 38.4 Å². The number of aromatic nitrogens is 2. The number of amidine groups is 1. The molecule has 0 aliphatic carbocycles. The molecule has 0 atom stereocenters. The SMILES string of the molecule is N=C1CCCN1CCCn1cccn1. The van der Waals surface area contributed by atoms with Crippen LogP contribution in [-0.2, 0) is 6.54 Å². The molecule has 1 aromatic heterocycles. The molecule has 1 saturated heterocycles. The third-order valence-corrected chi connectivity index (χ3v) is 2.60. The van der Waals surface area contributed by atoms with Gasteiger partial charge in [0.2, 0.25) is 0 Å². The van der Waals surface area contributed by atoms with Gasteiger partial charge in [-0.05, 0) is 18.9 Å². The van der Waals surface area contributed by atoms with Crippen LogP contribution >= 0.6 is 0 Å². The minimum atomic E-state index is 0.811. The predicted molar refractivity (Wildman–Crippen MR) is 55.4 cm³/mol. The fourth-order valence-corrected chi connectivity index (χ4v) is 1.83. The Balaban J connectivity index is 1.70. The molecule has 2 heterocycles. The van der Waals surface area contributed by atoms with Crippen LogP contribution in [0.1, 0.15) is 19.3 Å². The number of likely N-dealkylation sites (tertiary alicyclic amines) is 1. The highest BCUT2D eigenvalue weighted by Gasteiger charge is 2.15. The summed E-state index contributed by atoms with van der Waals surface area (Å²) in [6.07, 6.45) is 6.97. The highest BCUT2D eigenvalue weighted by molar-refractivity contribution is 5.80. The van der Waals surface area contributed by atoms with E-state index in [0.29, 0.717) is 0 Å². The molecule has 0 spiro atoms. The topological polar surface area (TPSA) is 44.9 Å². The lowest BCUT2D eigenvalue weighted by Gasteiger charge is -2.17. The molecule has 0 unspecified atom stereocenters. The van der Waals surface area contributed by atoms with Crippen LogP contribution < -0.4 is 0 Å². The van der Waals surface area contributed by atoms with E-state index in [1.807, 2.05) is 16.9 Å². The summed E-state index contributed by atoms with van der Waals surface area (Å²) in [6, 6.07) is 1.94. The maximum atomic E-state index is 7.66. The molecule has 1 N–H and O–H groups in total. The first-order chi connectivity index (χ1) is 6.86. The van der Waals surface area contributed by atoms with Crippen LogP contribution in [0.4, 0.5) is 0 Å². The molecular formula is C10H16N4. The fourth-order valence-electron chi connectivity index (χ4n) is 1.83. The third kappa shape index (κ3) is 2.13. The molecule has 14 heavy (non-hydrogen) atoms. The van der Waals surface area contributed by atoms with Crippen LogP contribution in [0.25, 0.3) is 0 Å². The Morgan fingerprint density at radius 3 is 3.00 bits per heavy atom. The van der Waals surface area contributed by atoms with Crippen molar-refractivity contribution in [1.82, 2.24) is 14.7 Å². The smallest absolute Gasteiger partial charge is 0.0958 e. The summed E-state index contributed by atoms with van der Waals surface area (Å²) in [4.78, 5) is 2.17. The minimum absolute atomic E-state index is 0.811. The maximum absolute atomic E-state index is 7.66. The van der Waals surface area contributed by atoms with E-state index in [-0.39, 0.29) is 0 Å². The number of nitrogens with one attached hydrogen (secondary N) is 1. The van der Waals surface area contributed by atoms with Crippen molar-refractivity contribution in [3.63, 3.8) is 0 Å². The molecule has 1 aliphatic heterocycles. The van der Waals surface area contributed by atoms with Gasteiger partial charge in [-0.25, -0.2) is 0 Å². The van der Waals surface area contributed by atoms with Crippen LogP contribution in [-0.4, -0.2) is 33.6 Å².